The zero-order valence-electron chi connectivity index (χ0n) is 13.8. The molecule has 1 aromatic heterocycles. The molecule has 1 N–H and O–H groups in total. The van der Waals surface area contributed by atoms with Crippen LogP contribution in [-0.4, -0.2) is 40.2 Å². The number of hydrogen-bond acceptors (Lipinski definition) is 3. The summed E-state index contributed by atoms with van der Waals surface area (Å²) in [6.07, 6.45) is 2.94. The van der Waals surface area contributed by atoms with Crippen molar-refractivity contribution in [1.82, 2.24) is 20.0 Å². The molecule has 0 aliphatic carbocycles. The van der Waals surface area contributed by atoms with Crippen LogP contribution >= 0.6 is 0 Å². The number of aryl methyl sites for hydroxylation is 1. The van der Waals surface area contributed by atoms with Gasteiger partial charge in [0, 0.05) is 31.4 Å². The molecule has 2 heterocycles. The van der Waals surface area contributed by atoms with Gasteiger partial charge in [-0.15, -0.1) is 0 Å². The van der Waals surface area contributed by atoms with E-state index < -0.39 is 0 Å². The highest BCUT2D eigenvalue weighted by Gasteiger charge is 2.24. The van der Waals surface area contributed by atoms with Crippen molar-refractivity contribution in [1.29, 1.82) is 0 Å². The standard InChI is InChI=1S/C18H24N4O/c1-14-17(11-20-21(14)2)10-19-18(23)13-22-9-8-16(12-22)15-6-4-3-5-7-15/h3-7,11,16H,8-10,12-13H2,1-2H3,(H,19,23)/t16-/m1/s1. The fourth-order valence-corrected chi connectivity index (χ4v) is 3.14. The summed E-state index contributed by atoms with van der Waals surface area (Å²) in [7, 11) is 1.91. The number of carbonyl (C=O) groups is 1. The first-order valence-corrected chi connectivity index (χ1v) is 8.15. The monoisotopic (exact) mass is 312 g/mol. The number of rotatable bonds is 5. The lowest BCUT2D eigenvalue weighted by Gasteiger charge is -2.16. The molecule has 0 unspecified atom stereocenters. The third kappa shape index (κ3) is 3.79. The van der Waals surface area contributed by atoms with Crippen molar-refractivity contribution in [3.63, 3.8) is 0 Å². The van der Waals surface area contributed by atoms with Gasteiger partial charge in [-0.3, -0.25) is 14.4 Å². The number of nitrogens with one attached hydrogen (secondary N) is 1. The lowest BCUT2D eigenvalue weighted by molar-refractivity contribution is -0.122. The molecule has 1 amide bonds. The van der Waals surface area contributed by atoms with Gasteiger partial charge in [0.1, 0.15) is 0 Å². The van der Waals surface area contributed by atoms with Crippen LogP contribution in [0.5, 0.6) is 0 Å². The predicted molar refractivity (Wildman–Crippen MR) is 90.0 cm³/mol. The summed E-state index contributed by atoms with van der Waals surface area (Å²) in [5.41, 5.74) is 3.54. The Morgan fingerprint density at radius 3 is 2.83 bits per heavy atom. The van der Waals surface area contributed by atoms with E-state index in [1.165, 1.54) is 5.56 Å². The van der Waals surface area contributed by atoms with Crippen LogP contribution in [0.2, 0.25) is 0 Å². The van der Waals surface area contributed by atoms with E-state index in [2.05, 4.69) is 39.6 Å². The molecule has 0 bridgehead atoms. The molecule has 1 saturated heterocycles. The first-order valence-electron chi connectivity index (χ1n) is 8.15. The summed E-state index contributed by atoms with van der Waals surface area (Å²) in [5.74, 6) is 0.631. The molecule has 3 rings (SSSR count). The largest absolute Gasteiger partial charge is 0.351 e. The van der Waals surface area contributed by atoms with Gasteiger partial charge in [-0.1, -0.05) is 30.3 Å². The number of aromatic nitrogens is 2. The van der Waals surface area contributed by atoms with E-state index in [4.69, 9.17) is 0 Å². The van der Waals surface area contributed by atoms with E-state index in [0.717, 1.165) is 30.8 Å². The van der Waals surface area contributed by atoms with E-state index in [9.17, 15) is 4.79 Å². The third-order valence-electron chi connectivity index (χ3n) is 4.72. The second-order valence-electron chi connectivity index (χ2n) is 6.29. The SMILES string of the molecule is Cc1c(CNC(=O)CN2CC[C@@H](c3ccccc3)C2)cnn1C. The van der Waals surface area contributed by atoms with Gasteiger partial charge in [0.05, 0.1) is 12.7 Å². The van der Waals surface area contributed by atoms with Crippen LogP contribution in [0.15, 0.2) is 36.5 Å². The molecule has 1 aliphatic heterocycles. The third-order valence-corrected chi connectivity index (χ3v) is 4.72. The molecular formula is C18H24N4O. The van der Waals surface area contributed by atoms with Gasteiger partial charge < -0.3 is 5.32 Å². The Bertz CT molecular complexity index is 665. The Morgan fingerprint density at radius 2 is 2.13 bits per heavy atom. The normalized spacial score (nSPS) is 18.3. The van der Waals surface area contributed by atoms with E-state index in [0.29, 0.717) is 19.0 Å². The molecule has 122 valence electrons. The zero-order chi connectivity index (χ0) is 16.2. The Kier molecular flexibility index (Phi) is 4.76. The molecule has 5 heteroatoms. The van der Waals surface area contributed by atoms with Crippen molar-refractivity contribution in [2.24, 2.45) is 7.05 Å². The quantitative estimate of drug-likeness (QED) is 0.916. The van der Waals surface area contributed by atoms with Gasteiger partial charge in [0.25, 0.3) is 0 Å². The van der Waals surface area contributed by atoms with Crippen LogP contribution in [0.25, 0.3) is 0 Å². The van der Waals surface area contributed by atoms with Crippen molar-refractivity contribution >= 4 is 5.91 Å². The van der Waals surface area contributed by atoms with E-state index in [1.807, 2.05) is 30.9 Å². The minimum absolute atomic E-state index is 0.0852. The van der Waals surface area contributed by atoms with Gasteiger partial charge in [0.15, 0.2) is 0 Å². The molecule has 2 aromatic rings. The van der Waals surface area contributed by atoms with Crippen LogP contribution in [-0.2, 0) is 18.4 Å². The van der Waals surface area contributed by atoms with Gasteiger partial charge in [0.2, 0.25) is 5.91 Å². The van der Waals surface area contributed by atoms with Crippen LogP contribution in [0.4, 0.5) is 0 Å². The Labute approximate surface area is 137 Å². The highest BCUT2D eigenvalue weighted by molar-refractivity contribution is 5.78. The first-order chi connectivity index (χ1) is 11.1. The number of hydrogen-bond donors (Lipinski definition) is 1. The highest BCUT2D eigenvalue weighted by atomic mass is 16.2. The number of amides is 1. The second-order valence-corrected chi connectivity index (χ2v) is 6.29. The Balaban J connectivity index is 1.47. The maximum Gasteiger partial charge on any atom is 0.234 e. The first kappa shape index (κ1) is 15.7. The molecular weight excluding hydrogens is 288 g/mol. The minimum atomic E-state index is 0.0852. The number of nitrogens with zero attached hydrogens (tertiary/aromatic N) is 3. The molecule has 0 spiro atoms. The van der Waals surface area contributed by atoms with Crippen molar-refractivity contribution in [2.45, 2.75) is 25.8 Å². The maximum absolute atomic E-state index is 12.2. The van der Waals surface area contributed by atoms with E-state index >= 15 is 0 Å². The van der Waals surface area contributed by atoms with Gasteiger partial charge in [-0.2, -0.15) is 5.10 Å². The van der Waals surface area contributed by atoms with Gasteiger partial charge in [-0.05, 0) is 31.4 Å². The molecule has 5 nitrogen and oxygen atoms in total. The molecule has 0 saturated carbocycles. The maximum atomic E-state index is 12.2. The minimum Gasteiger partial charge on any atom is -0.351 e. The van der Waals surface area contributed by atoms with Crippen LogP contribution in [0, 0.1) is 6.92 Å². The molecule has 23 heavy (non-hydrogen) atoms. The molecule has 1 atom stereocenters. The van der Waals surface area contributed by atoms with Crippen LogP contribution in [0.3, 0.4) is 0 Å². The summed E-state index contributed by atoms with van der Waals surface area (Å²) in [6.45, 7) is 4.98. The fourth-order valence-electron chi connectivity index (χ4n) is 3.14. The highest BCUT2D eigenvalue weighted by Crippen LogP contribution is 2.26. The van der Waals surface area contributed by atoms with Gasteiger partial charge >= 0.3 is 0 Å². The zero-order valence-corrected chi connectivity index (χ0v) is 13.8. The van der Waals surface area contributed by atoms with Crippen molar-refractivity contribution in [3.05, 3.63) is 53.3 Å². The Hall–Kier alpha value is -2.14. The summed E-state index contributed by atoms with van der Waals surface area (Å²) in [5, 5.41) is 7.20. The van der Waals surface area contributed by atoms with Crippen molar-refractivity contribution in [3.8, 4) is 0 Å². The fraction of sp³-hybridized carbons (Fsp3) is 0.444. The van der Waals surface area contributed by atoms with Crippen LogP contribution < -0.4 is 5.32 Å². The molecule has 1 aliphatic rings. The second kappa shape index (κ2) is 6.96. The molecule has 1 aromatic carbocycles. The number of likely N-dealkylation sites (tertiary alicyclic amines) is 1. The topological polar surface area (TPSA) is 50.2 Å². The smallest absolute Gasteiger partial charge is 0.234 e. The van der Waals surface area contributed by atoms with E-state index in [1.54, 1.807) is 0 Å². The van der Waals surface area contributed by atoms with Crippen molar-refractivity contribution < 1.29 is 4.79 Å². The summed E-state index contributed by atoms with van der Waals surface area (Å²) in [4.78, 5) is 14.4. The lowest BCUT2D eigenvalue weighted by atomic mass is 9.99. The average Bonchev–Trinajstić information content (AvgIpc) is 3.15. The van der Waals surface area contributed by atoms with Crippen molar-refractivity contribution in [2.75, 3.05) is 19.6 Å². The van der Waals surface area contributed by atoms with E-state index in [-0.39, 0.29) is 5.91 Å². The Morgan fingerprint density at radius 1 is 1.35 bits per heavy atom. The summed E-state index contributed by atoms with van der Waals surface area (Å²) < 4.78 is 1.83. The van der Waals surface area contributed by atoms with Gasteiger partial charge in [-0.25, -0.2) is 0 Å². The summed E-state index contributed by atoms with van der Waals surface area (Å²) in [6, 6.07) is 10.6. The lowest BCUT2D eigenvalue weighted by Crippen LogP contribution is -2.35. The predicted octanol–water partition coefficient (Wildman–Crippen LogP) is 1.83. The average molecular weight is 312 g/mol. The molecule has 1 fully saturated rings. The number of benzene rings is 1. The summed E-state index contributed by atoms with van der Waals surface area (Å²) >= 11 is 0. The molecule has 0 radical (unpaired) electrons. The number of carbonyl (C=O) groups excluding carboxylic acids is 1. The van der Waals surface area contributed by atoms with Crippen LogP contribution in [0.1, 0.15) is 29.2 Å².